The Morgan fingerprint density at radius 1 is 1.30 bits per heavy atom. The molecule has 5 heteroatoms. The van der Waals surface area contributed by atoms with Crippen molar-refractivity contribution in [1.82, 2.24) is 4.90 Å². The molecule has 6 unspecified atom stereocenters. The third kappa shape index (κ3) is 3.47. The summed E-state index contributed by atoms with van der Waals surface area (Å²) in [6, 6.07) is -0.919. The highest BCUT2D eigenvalue weighted by molar-refractivity contribution is 6.26. The molecule has 3 aliphatic rings. The zero-order valence-electron chi connectivity index (χ0n) is 18.8. The normalized spacial score (nSPS) is 39.1. The molecule has 1 heterocycles. The Morgan fingerprint density at radius 2 is 2.00 bits per heavy atom. The molecule has 0 spiro atoms. The number of rotatable bonds is 4. The van der Waals surface area contributed by atoms with Crippen LogP contribution in [0.4, 0.5) is 0 Å². The van der Waals surface area contributed by atoms with Crippen LogP contribution in [0.5, 0.6) is 0 Å². The number of aliphatic hydroxyl groups excluding tert-OH is 2. The molecule has 1 aliphatic heterocycles. The van der Waals surface area contributed by atoms with Gasteiger partial charge in [-0.2, -0.15) is 0 Å². The smallest absolute Gasteiger partial charge is 0.261 e. The van der Waals surface area contributed by atoms with Crippen LogP contribution in [0.3, 0.4) is 0 Å². The number of ketones is 1. The average molecular weight is 414 g/mol. The van der Waals surface area contributed by atoms with Gasteiger partial charge in [-0.1, -0.05) is 56.2 Å². The summed E-state index contributed by atoms with van der Waals surface area (Å²) in [5.74, 6) is -0.128. The molecule has 1 saturated heterocycles. The Labute approximate surface area is 179 Å². The molecule has 6 atom stereocenters. The fourth-order valence-corrected chi connectivity index (χ4v) is 5.92. The third-order valence-electron chi connectivity index (χ3n) is 7.62. The van der Waals surface area contributed by atoms with E-state index in [9.17, 15) is 19.8 Å². The summed E-state index contributed by atoms with van der Waals surface area (Å²) in [4.78, 5) is 27.1. The number of hydrogen-bond donors (Lipinski definition) is 2. The highest BCUT2D eigenvalue weighted by atomic mass is 16.3. The molecule has 0 aromatic rings. The number of likely N-dealkylation sites (tertiary alicyclic amines) is 1. The first kappa shape index (κ1) is 22.5. The number of allylic oxidation sites excluding steroid dienone is 7. The molecular weight excluding hydrogens is 378 g/mol. The van der Waals surface area contributed by atoms with Gasteiger partial charge in [0.05, 0.1) is 6.61 Å². The second-order valence-corrected chi connectivity index (χ2v) is 9.47. The molecule has 5 nitrogen and oxygen atoms in total. The minimum Gasteiger partial charge on any atom is -0.511 e. The van der Waals surface area contributed by atoms with Crippen molar-refractivity contribution in [3.8, 4) is 0 Å². The minimum atomic E-state index is -0.919. The van der Waals surface area contributed by atoms with E-state index in [1.54, 1.807) is 0 Å². The van der Waals surface area contributed by atoms with E-state index >= 15 is 0 Å². The summed E-state index contributed by atoms with van der Waals surface area (Å²) in [6.07, 6.45) is 13.4. The number of Topliss-reactive ketones (excluding diaryl/α,β-unsaturated/α-hetero) is 1. The fraction of sp³-hybridized carbons (Fsp3) is 0.600. The molecule has 30 heavy (non-hydrogen) atoms. The van der Waals surface area contributed by atoms with Crippen LogP contribution in [-0.4, -0.2) is 46.5 Å². The van der Waals surface area contributed by atoms with E-state index in [4.69, 9.17) is 0 Å². The SMILES string of the molecule is CC=CC=CC1C(C)=CC2CC(C)CCC2C1(C)C(O)=C1C(=O)C(CO)N(C)C1=O. The molecule has 2 fully saturated rings. The summed E-state index contributed by atoms with van der Waals surface area (Å²) in [5, 5.41) is 21.2. The van der Waals surface area contributed by atoms with Crippen LogP contribution in [-0.2, 0) is 9.59 Å². The lowest BCUT2D eigenvalue weighted by Crippen LogP contribution is -2.46. The van der Waals surface area contributed by atoms with Crippen LogP contribution in [0.25, 0.3) is 0 Å². The minimum absolute atomic E-state index is 0.104. The fourth-order valence-electron chi connectivity index (χ4n) is 5.92. The zero-order chi connectivity index (χ0) is 22.2. The van der Waals surface area contributed by atoms with Gasteiger partial charge in [-0.3, -0.25) is 9.59 Å². The Balaban J connectivity index is 2.19. The molecular formula is C25H35NO4. The average Bonchev–Trinajstić information content (AvgIpc) is 2.91. The van der Waals surface area contributed by atoms with E-state index in [1.807, 2.05) is 32.1 Å². The molecule has 1 saturated carbocycles. The van der Waals surface area contributed by atoms with Crippen LogP contribution >= 0.6 is 0 Å². The number of nitrogens with zero attached hydrogens (tertiary/aromatic N) is 1. The quantitative estimate of drug-likeness (QED) is 0.240. The zero-order valence-corrected chi connectivity index (χ0v) is 18.8. The molecule has 0 bridgehead atoms. The number of amides is 1. The van der Waals surface area contributed by atoms with Gasteiger partial charge in [0.15, 0.2) is 5.78 Å². The van der Waals surface area contributed by atoms with Gasteiger partial charge in [-0.05, 0) is 44.4 Å². The Kier molecular flexibility index (Phi) is 6.42. The lowest BCUT2D eigenvalue weighted by Gasteiger charge is -2.52. The molecule has 2 N–H and O–H groups in total. The molecule has 0 aromatic heterocycles. The molecule has 1 amide bonds. The van der Waals surface area contributed by atoms with E-state index in [0.29, 0.717) is 11.8 Å². The standard InChI is InChI=1S/C25H35NO4/c1-6-7-8-9-18-16(3)13-17-12-15(2)10-11-19(17)25(18,4)23(29)21-22(28)20(14-27)26(5)24(21)30/h6-9,13,15,17-20,27,29H,10-12,14H2,1-5H3. The number of carbonyl (C=O) groups excluding carboxylic acids is 2. The highest BCUT2D eigenvalue weighted by Crippen LogP contribution is 2.58. The number of carbonyl (C=O) groups is 2. The summed E-state index contributed by atoms with van der Waals surface area (Å²) >= 11 is 0. The van der Waals surface area contributed by atoms with Crippen molar-refractivity contribution >= 4 is 11.7 Å². The second kappa shape index (κ2) is 8.54. The van der Waals surface area contributed by atoms with Crippen molar-refractivity contribution in [2.24, 2.45) is 29.1 Å². The van der Waals surface area contributed by atoms with E-state index in [0.717, 1.165) is 24.8 Å². The van der Waals surface area contributed by atoms with Crippen molar-refractivity contribution in [3.05, 3.63) is 47.3 Å². The van der Waals surface area contributed by atoms with Crippen LogP contribution < -0.4 is 0 Å². The lowest BCUT2D eigenvalue weighted by atomic mass is 9.52. The Bertz CT molecular complexity index is 836. The lowest BCUT2D eigenvalue weighted by molar-refractivity contribution is -0.126. The molecule has 3 rings (SSSR count). The monoisotopic (exact) mass is 413 g/mol. The maximum absolute atomic E-state index is 13.0. The van der Waals surface area contributed by atoms with Gasteiger partial charge in [0.2, 0.25) is 0 Å². The number of likely N-dealkylation sites (N-methyl/N-ethyl adjacent to an activating group) is 1. The van der Waals surface area contributed by atoms with Crippen molar-refractivity contribution in [3.63, 3.8) is 0 Å². The van der Waals surface area contributed by atoms with Crippen LogP contribution in [0.2, 0.25) is 0 Å². The van der Waals surface area contributed by atoms with Gasteiger partial charge in [0.1, 0.15) is 17.4 Å². The van der Waals surface area contributed by atoms with Gasteiger partial charge in [-0.25, -0.2) is 0 Å². The maximum Gasteiger partial charge on any atom is 0.261 e. The summed E-state index contributed by atoms with van der Waals surface area (Å²) < 4.78 is 0. The van der Waals surface area contributed by atoms with Gasteiger partial charge < -0.3 is 15.1 Å². The summed E-state index contributed by atoms with van der Waals surface area (Å²) in [7, 11) is 1.50. The summed E-state index contributed by atoms with van der Waals surface area (Å²) in [6.45, 7) is 7.86. The van der Waals surface area contributed by atoms with Crippen LogP contribution in [0.15, 0.2) is 47.3 Å². The van der Waals surface area contributed by atoms with E-state index in [1.165, 1.54) is 11.9 Å². The third-order valence-corrected chi connectivity index (χ3v) is 7.62. The van der Waals surface area contributed by atoms with E-state index in [-0.39, 0.29) is 23.2 Å². The van der Waals surface area contributed by atoms with E-state index < -0.39 is 29.8 Å². The predicted molar refractivity (Wildman–Crippen MR) is 118 cm³/mol. The molecule has 0 radical (unpaired) electrons. The first-order valence-corrected chi connectivity index (χ1v) is 11.0. The molecule has 2 aliphatic carbocycles. The van der Waals surface area contributed by atoms with Crippen molar-refractivity contribution in [1.29, 1.82) is 0 Å². The number of fused-ring (bicyclic) bond motifs is 1. The summed E-state index contributed by atoms with van der Waals surface area (Å²) in [5.41, 5.74) is 0.259. The van der Waals surface area contributed by atoms with Crippen LogP contribution in [0, 0.1) is 29.1 Å². The van der Waals surface area contributed by atoms with Crippen molar-refractivity contribution in [2.45, 2.75) is 53.0 Å². The highest BCUT2D eigenvalue weighted by Gasteiger charge is 2.55. The Morgan fingerprint density at radius 3 is 2.60 bits per heavy atom. The van der Waals surface area contributed by atoms with Gasteiger partial charge in [0.25, 0.3) is 5.91 Å². The van der Waals surface area contributed by atoms with E-state index in [2.05, 4.69) is 26.0 Å². The predicted octanol–water partition coefficient (Wildman–Crippen LogP) is 3.97. The largest absolute Gasteiger partial charge is 0.511 e. The number of aliphatic hydroxyl groups is 2. The molecule has 0 aromatic carbocycles. The van der Waals surface area contributed by atoms with Crippen molar-refractivity contribution in [2.75, 3.05) is 13.7 Å². The molecule has 164 valence electrons. The number of hydrogen-bond acceptors (Lipinski definition) is 4. The Hall–Kier alpha value is -2.14. The first-order chi connectivity index (χ1) is 14.2. The first-order valence-electron chi connectivity index (χ1n) is 11.0. The topological polar surface area (TPSA) is 77.8 Å². The van der Waals surface area contributed by atoms with Crippen molar-refractivity contribution < 1.29 is 19.8 Å². The maximum atomic E-state index is 13.0. The van der Waals surface area contributed by atoms with Gasteiger partial charge in [0, 0.05) is 18.4 Å². The van der Waals surface area contributed by atoms with Crippen LogP contribution in [0.1, 0.15) is 47.0 Å². The second-order valence-electron chi connectivity index (χ2n) is 9.47. The van der Waals surface area contributed by atoms with Gasteiger partial charge in [-0.15, -0.1) is 0 Å². The van der Waals surface area contributed by atoms with Gasteiger partial charge >= 0.3 is 0 Å².